The molecule has 0 bridgehead atoms. The maximum absolute atomic E-state index is 5.26. The fourth-order valence-corrected chi connectivity index (χ4v) is 0.517. The van der Waals surface area contributed by atoms with Gasteiger partial charge in [-0.25, -0.2) is 4.84 Å². The normalized spacial score (nSPS) is 12.0. The molecule has 50 valence electrons. The van der Waals surface area contributed by atoms with Crippen molar-refractivity contribution in [2.75, 3.05) is 6.54 Å². The summed E-state index contributed by atoms with van der Waals surface area (Å²) < 4.78 is 0. The molecule has 0 aromatic carbocycles. The Morgan fingerprint density at radius 2 is 1.88 bits per heavy atom. The highest BCUT2D eigenvalue weighted by Crippen LogP contribution is 2.16. The lowest BCUT2D eigenvalue weighted by Gasteiger charge is -2.16. The van der Waals surface area contributed by atoms with Crippen LogP contribution < -0.4 is 4.84 Å². The molecule has 8 heavy (non-hydrogen) atoms. The lowest BCUT2D eigenvalue weighted by atomic mass is 9.93. The zero-order valence-electron chi connectivity index (χ0n) is 5.79. The van der Waals surface area contributed by atoms with Gasteiger partial charge in [-0.3, -0.25) is 0 Å². The molecule has 0 unspecified atom stereocenters. The lowest BCUT2D eigenvalue weighted by molar-refractivity contribution is 0.380. The van der Waals surface area contributed by atoms with Gasteiger partial charge in [0.1, 0.15) is 0 Å². The minimum atomic E-state index is 0.405. The van der Waals surface area contributed by atoms with E-state index in [4.69, 9.17) is 11.8 Å². The van der Waals surface area contributed by atoms with Gasteiger partial charge in [0.05, 0.1) is 0 Å². The van der Waals surface area contributed by atoms with E-state index in [1.165, 1.54) is 0 Å². The van der Waals surface area contributed by atoms with Gasteiger partial charge in [0.15, 0.2) is 0 Å². The number of halogens is 1. The second-order valence-electron chi connectivity index (χ2n) is 3.19. The molecule has 0 atom stereocenters. The molecular formula is C6H14ClN. The van der Waals surface area contributed by atoms with Crippen molar-refractivity contribution in [3.8, 4) is 0 Å². The van der Waals surface area contributed by atoms with Gasteiger partial charge in [-0.1, -0.05) is 20.8 Å². The first-order chi connectivity index (χ1) is 3.56. The van der Waals surface area contributed by atoms with Crippen LogP contribution in [0.2, 0.25) is 0 Å². The Labute approximate surface area is 56.5 Å². The zero-order valence-corrected chi connectivity index (χ0v) is 6.55. The van der Waals surface area contributed by atoms with E-state index in [0.717, 1.165) is 13.0 Å². The molecule has 0 fully saturated rings. The minimum absolute atomic E-state index is 0.405. The first-order valence-electron chi connectivity index (χ1n) is 2.90. The summed E-state index contributed by atoms with van der Waals surface area (Å²) >= 11 is 5.26. The van der Waals surface area contributed by atoms with Crippen molar-refractivity contribution in [3.05, 3.63) is 0 Å². The van der Waals surface area contributed by atoms with Crippen LogP contribution in [0.4, 0.5) is 0 Å². The van der Waals surface area contributed by atoms with Crippen LogP contribution in [0.5, 0.6) is 0 Å². The van der Waals surface area contributed by atoms with Crippen LogP contribution in [-0.2, 0) is 0 Å². The average Bonchev–Trinajstić information content (AvgIpc) is 1.59. The molecule has 2 heteroatoms. The Morgan fingerprint density at radius 3 is 2.00 bits per heavy atom. The van der Waals surface area contributed by atoms with Gasteiger partial charge in [0, 0.05) is 6.54 Å². The van der Waals surface area contributed by atoms with E-state index in [0.29, 0.717) is 5.41 Å². The van der Waals surface area contributed by atoms with Crippen molar-refractivity contribution >= 4 is 11.8 Å². The number of rotatable bonds is 2. The Kier molecular flexibility index (Phi) is 3.41. The van der Waals surface area contributed by atoms with Crippen molar-refractivity contribution in [1.82, 2.24) is 4.84 Å². The SMILES string of the molecule is CC(C)(C)CCNCl. The molecule has 0 aromatic heterocycles. The lowest BCUT2D eigenvalue weighted by Crippen LogP contribution is -2.12. The largest absolute Gasteiger partial charge is 0.234 e. The van der Waals surface area contributed by atoms with Gasteiger partial charge in [-0.15, -0.1) is 0 Å². The minimum Gasteiger partial charge on any atom is -0.234 e. The zero-order chi connectivity index (χ0) is 6.62. The van der Waals surface area contributed by atoms with Crippen molar-refractivity contribution in [2.45, 2.75) is 27.2 Å². The predicted molar refractivity (Wildman–Crippen MR) is 37.9 cm³/mol. The molecule has 1 N–H and O–H groups in total. The highest BCUT2D eigenvalue weighted by molar-refractivity contribution is 6.13. The molecule has 1 nitrogen and oxygen atoms in total. The van der Waals surface area contributed by atoms with E-state index in [2.05, 4.69) is 25.6 Å². The third kappa shape index (κ3) is 6.25. The molecule has 0 heterocycles. The molecule has 0 aliphatic rings. The van der Waals surface area contributed by atoms with Crippen LogP contribution in [0.1, 0.15) is 27.2 Å². The van der Waals surface area contributed by atoms with E-state index in [1.807, 2.05) is 0 Å². The molecule has 0 saturated heterocycles. The van der Waals surface area contributed by atoms with Gasteiger partial charge in [-0.05, 0) is 23.6 Å². The highest BCUT2D eigenvalue weighted by Gasteiger charge is 2.07. The first kappa shape index (κ1) is 8.25. The molecule has 0 radical (unpaired) electrons. The van der Waals surface area contributed by atoms with E-state index >= 15 is 0 Å². The quantitative estimate of drug-likeness (QED) is 0.573. The van der Waals surface area contributed by atoms with Crippen molar-refractivity contribution in [1.29, 1.82) is 0 Å². The summed E-state index contributed by atoms with van der Waals surface area (Å²) in [7, 11) is 0. The third-order valence-electron chi connectivity index (χ3n) is 0.969. The monoisotopic (exact) mass is 135 g/mol. The van der Waals surface area contributed by atoms with Gasteiger partial charge in [0.25, 0.3) is 0 Å². The number of hydrogen-bond donors (Lipinski definition) is 1. The van der Waals surface area contributed by atoms with Crippen LogP contribution >= 0.6 is 11.8 Å². The van der Waals surface area contributed by atoms with Crippen molar-refractivity contribution < 1.29 is 0 Å². The molecule has 0 aliphatic heterocycles. The van der Waals surface area contributed by atoms with E-state index in [9.17, 15) is 0 Å². The maximum Gasteiger partial charge on any atom is 0.0113 e. The maximum atomic E-state index is 5.26. The molecule has 0 rings (SSSR count). The van der Waals surface area contributed by atoms with Crippen molar-refractivity contribution in [2.24, 2.45) is 5.41 Å². The summed E-state index contributed by atoms with van der Waals surface area (Å²) in [5, 5.41) is 0. The molecule has 0 aromatic rings. The average molecular weight is 136 g/mol. The van der Waals surface area contributed by atoms with Crippen LogP contribution in [0.3, 0.4) is 0 Å². The van der Waals surface area contributed by atoms with Crippen LogP contribution in [-0.4, -0.2) is 6.54 Å². The Hall–Kier alpha value is 0.250. The fraction of sp³-hybridized carbons (Fsp3) is 1.00. The van der Waals surface area contributed by atoms with Crippen molar-refractivity contribution in [3.63, 3.8) is 0 Å². The molecule has 0 spiro atoms. The Balaban J connectivity index is 3.11. The van der Waals surface area contributed by atoms with Gasteiger partial charge >= 0.3 is 0 Å². The van der Waals surface area contributed by atoms with Gasteiger partial charge < -0.3 is 0 Å². The molecular weight excluding hydrogens is 122 g/mol. The second-order valence-corrected chi connectivity index (χ2v) is 3.46. The van der Waals surface area contributed by atoms with E-state index in [1.54, 1.807) is 0 Å². The van der Waals surface area contributed by atoms with E-state index in [-0.39, 0.29) is 0 Å². The smallest absolute Gasteiger partial charge is 0.0113 e. The standard InChI is InChI=1S/C6H14ClN/c1-6(2,3)4-5-8-7/h8H,4-5H2,1-3H3. The third-order valence-corrected chi connectivity index (χ3v) is 1.16. The second kappa shape index (κ2) is 3.31. The Morgan fingerprint density at radius 1 is 1.38 bits per heavy atom. The van der Waals surface area contributed by atoms with Crippen LogP contribution in [0.15, 0.2) is 0 Å². The van der Waals surface area contributed by atoms with Gasteiger partial charge in [-0.2, -0.15) is 0 Å². The summed E-state index contributed by atoms with van der Waals surface area (Å²) in [6, 6.07) is 0. The van der Waals surface area contributed by atoms with Gasteiger partial charge in [0.2, 0.25) is 0 Å². The Bertz CT molecular complexity index is 56.0. The number of nitrogens with one attached hydrogen (secondary N) is 1. The summed E-state index contributed by atoms with van der Waals surface area (Å²) in [6.45, 7) is 7.48. The predicted octanol–water partition coefficient (Wildman–Crippen LogP) is 2.17. The van der Waals surface area contributed by atoms with Crippen LogP contribution in [0, 0.1) is 5.41 Å². The van der Waals surface area contributed by atoms with E-state index < -0.39 is 0 Å². The summed E-state index contributed by atoms with van der Waals surface area (Å²) in [4.78, 5) is 2.60. The highest BCUT2D eigenvalue weighted by atomic mass is 35.5. The summed E-state index contributed by atoms with van der Waals surface area (Å²) in [5.74, 6) is 0. The molecule has 0 saturated carbocycles. The summed E-state index contributed by atoms with van der Waals surface area (Å²) in [5.41, 5.74) is 0.405. The number of hydrogen-bond acceptors (Lipinski definition) is 1. The molecule has 0 amide bonds. The first-order valence-corrected chi connectivity index (χ1v) is 3.27. The fourth-order valence-electron chi connectivity index (χ4n) is 0.422. The topological polar surface area (TPSA) is 12.0 Å². The summed E-state index contributed by atoms with van der Waals surface area (Å²) in [6.07, 6.45) is 1.12. The van der Waals surface area contributed by atoms with Crippen LogP contribution in [0.25, 0.3) is 0 Å². The molecule has 0 aliphatic carbocycles.